The van der Waals surface area contributed by atoms with Gasteiger partial charge in [0.2, 0.25) is 0 Å². The Bertz CT molecular complexity index is 1200. The maximum atomic E-state index is 12.6. The molecule has 0 N–H and O–H groups in total. The minimum atomic E-state index is -0.343. The van der Waals surface area contributed by atoms with Gasteiger partial charge in [0, 0.05) is 30.6 Å². The first-order valence-electron chi connectivity index (χ1n) is 10.9. The number of hydrogen-bond acceptors (Lipinski definition) is 5. The van der Waals surface area contributed by atoms with Gasteiger partial charge in [-0.15, -0.1) is 10.2 Å². The summed E-state index contributed by atoms with van der Waals surface area (Å²) in [6, 6.07) is 13.8. The fraction of sp³-hybridized carbons (Fsp3) is 0.280. The van der Waals surface area contributed by atoms with Gasteiger partial charge in [-0.2, -0.15) is 0 Å². The zero-order valence-electron chi connectivity index (χ0n) is 18.0. The molecule has 0 spiro atoms. The summed E-state index contributed by atoms with van der Waals surface area (Å²) in [5.74, 6) is 0.448. The van der Waals surface area contributed by atoms with Crippen molar-refractivity contribution in [3.05, 3.63) is 71.3 Å². The summed E-state index contributed by atoms with van der Waals surface area (Å²) in [4.78, 5) is 27.0. The number of hydrogen-bond donors (Lipinski definition) is 0. The van der Waals surface area contributed by atoms with E-state index in [1.807, 2.05) is 58.0 Å². The molecule has 1 amide bonds. The van der Waals surface area contributed by atoms with E-state index < -0.39 is 0 Å². The Morgan fingerprint density at radius 1 is 1.03 bits per heavy atom. The van der Waals surface area contributed by atoms with Crippen molar-refractivity contribution in [1.82, 2.24) is 19.7 Å². The number of aromatic nitrogens is 3. The van der Waals surface area contributed by atoms with Crippen molar-refractivity contribution in [1.29, 1.82) is 0 Å². The molecular weight excluding hydrogens is 404 g/mol. The molecule has 0 bridgehead atoms. The monoisotopic (exact) mass is 428 g/mol. The SMILES string of the molecule is CCOC(=O)C1=Cc2cc(-c3ccc(C(=O)N4CCCC4)cc3)ccc2-n2cnnc2C1. The second kappa shape index (κ2) is 8.42. The predicted octanol–water partition coefficient (Wildman–Crippen LogP) is 3.67. The number of fused-ring (bicyclic) bond motifs is 3. The van der Waals surface area contributed by atoms with Crippen LogP contribution in [0, 0.1) is 0 Å². The topological polar surface area (TPSA) is 77.3 Å². The van der Waals surface area contributed by atoms with Crippen LogP contribution in [-0.4, -0.2) is 51.2 Å². The van der Waals surface area contributed by atoms with Crippen LogP contribution in [-0.2, 0) is 16.0 Å². The smallest absolute Gasteiger partial charge is 0.334 e. The van der Waals surface area contributed by atoms with Gasteiger partial charge >= 0.3 is 5.97 Å². The Balaban J connectivity index is 1.49. The molecule has 0 atom stereocenters. The molecule has 0 unspecified atom stereocenters. The molecule has 0 aliphatic carbocycles. The van der Waals surface area contributed by atoms with Crippen LogP contribution in [0.3, 0.4) is 0 Å². The van der Waals surface area contributed by atoms with Gasteiger partial charge in [-0.3, -0.25) is 9.36 Å². The summed E-state index contributed by atoms with van der Waals surface area (Å²) >= 11 is 0. The minimum Gasteiger partial charge on any atom is -0.463 e. The third-order valence-electron chi connectivity index (χ3n) is 5.98. The van der Waals surface area contributed by atoms with Crippen molar-refractivity contribution in [3.8, 4) is 16.8 Å². The number of rotatable bonds is 4. The lowest BCUT2D eigenvalue weighted by molar-refractivity contribution is -0.138. The predicted molar refractivity (Wildman–Crippen MR) is 120 cm³/mol. The Morgan fingerprint density at radius 2 is 1.78 bits per heavy atom. The molecule has 5 rings (SSSR count). The van der Waals surface area contributed by atoms with E-state index in [0.717, 1.165) is 48.3 Å². The van der Waals surface area contributed by atoms with Crippen LogP contribution in [0.25, 0.3) is 22.9 Å². The van der Waals surface area contributed by atoms with Crippen LogP contribution in [0.1, 0.15) is 41.5 Å². The summed E-state index contributed by atoms with van der Waals surface area (Å²) in [7, 11) is 0. The molecule has 0 radical (unpaired) electrons. The maximum absolute atomic E-state index is 12.6. The molecule has 162 valence electrons. The number of carbonyl (C=O) groups excluding carboxylic acids is 2. The quantitative estimate of drug-likeness (QED) is 0.593. The minimum absolute atomic E-state index is 0.0955. The number of benzene rings is 2. The molecule has 2 aliphatic rings. The average molecular weight is 428 g/mol. The van der Waals surface area contributed by atoms with Gasteiger partial charge in [-0.25, -0.2) is 4.79 Å². The molecule has 32 heavy (non-hydrogen) atoms. The first-order chi connectivity index (χ1) is 15.6. The maximum Gasteiger partial charge on any atom is 0.334 e. The third kappa shape index (κ3) is 3.70. The largest absolute Gasteiger partial charge is 0.463 e. The molecule has 2 aliphatic heterocycles. The lowest BCUT2D eigenvalue weighted by atomic mass is 9.99. The Kier molecular flexibility index (Phi) is 5.31. The van der Waals surface area contributed by atoms with E-state index in [-0.39, 0.29) is 11.9 Å². The van der Waals surface area contributed by atoms with Gasteiger partial charge in [-0.05, 0) is 66.8 Å². The van der Waals surface area contributed by atoms with Crippen LogP contribution in [0.15, 0.2) is 54.4 Å². The Hall–Kier alpha value is -3.74. The van der Waals surface area contributed by atoms with Gasteiger partial charge in [-0.1, -0.05) is 18.2 Å². The molecule has 0 saturated carbocycles. The van der Waals surface area contributed by atoms with Crippen molar-refractivity contribution in [2.75, 3.05) is 19.7 Å². The molecule has 3 aromatic rings. The van der Waals surface area contributed by atoms with Gasteiger partial charge in [0.25, 0.3) is 5.91 Å². The van der Waals surface area contributed by atoms with E-state index in [9.17, 15) is 9.59 Å². The van der Waals surface area contributed by atoms with Crippen molar-refractivity contribution >= 4 is 18.0 Å². The number of ether oxygens (including phenoxy) is 1. The fourth-order valence-electron chi connectivity index (χ4n) is 4.32. The highest BCUT2D eigenvalue weighted by molar-refractivity contribution is 5.96. The van der Waals surface area contributed by atoms with E-state index >= 15 is 0 Å². The Labute approximate surface area is 186 Å². The summed E-state index contributed by atoms with van der Waals surface area (Å²) in [5.41, 5.74) is 5.06. The number of likely N-dealkylation sites (tertiary alicyclic amines) is 1. The van der Waals surface area contributed by atoms with Crippen LogP contribution >= 0.6 is 0 Å². The van der Waals surface area contributed by atoms with Gasteiger partial charge in [0.1, 0.15) is 12.2 Å². The van der Waals surface area contributed by atoms with Crippen LogP contribution in [0.5, 0.6) is 0 Å². The van der Waals surface area contributed by atoms with Crippen molar-refractivity contribution in [2.24, 2.45) is 0 Å². The first-order valence-corrected chi connectivity index (χ1v) is 10.9. The van der Waals surface area contributed by atoms with Crippen molar-refractivity contribution in [2.45, 2.75) is 26.2 Å². The van der Waals surface area contributed by atoms with E-state index in [0.29, 0.717) is 30.0 Å². The zero-order valence-corrected chi connectivity index (χ0v) is 18.0. The molecule has 1 aromatic heterocycles. The van der Waals surface area contributed by atoms with E-state index in [1.54, 1.807) is 13.3 Å². The standard InChI is InChI=1S/C25H24N4O3/c1-2-32-25(31)21-14-20-13-19(9-10-22(20)29-16-26-27-23(29)15-21)17-5-7-18(8-6-17)24(30)28-11-3-4-12-28/h5-10,13-14,16H,2-4,11-12,15H2,1H3. The highest BCUT2D eigenvalue weighted by Crippen LogP contribution is 2.30. The van der Waals surface area contributed by atoms with E-state index in [4.69, 9.17) is 4.74 Å². The normalized spacial score (nSPS) is 14.9. The number of nitrogens with zero attached hydrogens (tertiary/aromatic N) is 4. The molecule has 2 aromatic carbocycles. The Morgan fingerprint density at radius 3 is 2.53 bits per heavy atom. The summed E-state index contributed by atoms with van der Waals surface area (Å²) < 4.78 is 7.14. The second-order valence-corrected chi connectivity index (χ2v) is 8.03. The summed E-state index contributed by atoms with van der Waals surface area (Å²) in [5, 5.41) is 8.20. The number of amides is 1. The van der Waals surface area contributed by atoms with Gasteiger partial charge in [0.05, 0.1) is 12.3 Å². The van der Waals surface area contributed by atoms with E-state index in [1.165, 1.54) is 0 Å². The van der Waals surface area contributed by atoms with Crippen molar-refractivity contribution in [3.63, 3.8) is 0 Å². The lowest BCUT2D eigenvalue weighted by Gasteiger charge is -2.15. The van der Waals surface area contributed by atoms with Crippen LogP contribution in [0.4, 0.5) is 0 Å². The molecule has 7 heteroatoms. The molecule has 1 fully saturated rings. The zero-order chi connectivity index (χ0) is 22.1. The van der Waals surface area contributed by atoms with Crippen LogP contribution < -0.4 is 0 Å². The summed E-state index contributed by atoms with van der Waals surface area (Å²) in [6.07, 6.45) is 6.05. The first kappa shape index (κ1) is 20.2. The second-order valence-electron chi connectivity index (χ2n) is 8.03. The van der Waals surface area contributed by atoms with Gasteiger partial charge < -0.3 is 9.64 Å². The van der Waals surface area contributed by atoms with Gasteiger partial charge in [0.15, 0.2) is 0 Å². The van der Waals surface area contributed by atoms with Crippen molar-refractivity contribution < 1.29 is 14.3 Å². The fourth-order valence-corrected chi connectivity index (χ4v) is 4.32. The number of carbonyl (C=O) groups is 2. The molecule has 3 heterocycles. The third-order valence-corrected chi connectivity index (χ3v) is 5.98. The lowest BCUT2D eigenvalue weighted by Crippen LogP contribution is -2.27. The molecule has 7 nitrogen and oxygen atoms in total. The highest BCUT2D eigenvalue weighted by Gasteiger charge is 2.22. The van der Waals surface area contributed by atoms with Crippen LogP contribution in [0.2, 0.25) is 0 Å². The average Bonchev–Trinajstić information content (AvgIpc) is 3.49. The summed E-state index contributed by atoms with van der Waals surface area (Å²) in [6.45, 7) is 3.79. The van der Waals surface area contributed by atoms with E-state index in [2.05, 4.69) is 10.2 Å². The highest BCUT2D eigenvalue weighted by atomic mass is 16.5. The number of esters is 1. The molecule has 1 saturated heterocycles. The molecular formula is C25H24N4O3.